The van der Waals surface area contributed by atoms with Crippen molar-refractivity contribution < 1.29 is 13.5 Å². The summed E-state index contributed by atoms with van der Waals surface area (Å²) in [6, 6.07) is 4.96. The second kappa shape index (κ2) is 5.38. The van der Waals surface area contributed by atoms with Crippen molar-refractivity contribution >= 4 is 17.1 Å². The van der Waals surface area contributed by atoms with Crippen LogP contribution in [0.5, 0.6) is 0 Å². The van der Waals surface area contributed by atoms with Gasteiger partial charge in [-0.25, -0.2) is 9.37 Å². The summed E-state index contributed by atoms with van der Waals surface area (Å²) in [4.78, 5) is 8.31. The van der Waals surface area contributed by atoms with Gasteiger partial charge < -0.3 is 14.5 Å². The molecular formula is C14H14FN5O2. The number of halogens is 1. The summed E-state index contributed by atoms with van der Waals surface area (Å²) in [5.41, 5.74) is 0.659. The van der Waals surface area contributed by atoms with E-state index in [1.807, 2.05) is 0 Å². The van der Waals surface area contributed by atoms with Gasteiger partial charge in [0.15, 0.2) is 17.2 Å². The van der Waals surface area contributed by atoms with E-state index < -0.39 is 5.82 Å². The molecule has 1 aliphatic rings. The fraction of sp³-hybridized carbons (Fsp3) is 0.357. The van der Waals surface area contributed by atoms with Crippen LogP contribution >= 0.6 is 0 Å². The number of aromatic nitrogens is 4. The molecule has 0 bridgehead atoms. The Kier molecular flexibility index (Phi) is 3.23. The second-order valence-electron chi connectivity index (χ2n) is 5.18. The number of ether oxygens (including phenoxy) is 1. The minimum atomic E-state index is -0.416. The minimum Gasteiger partial charge on any atom is -0.420 e. The third kappa shape index (κ3) is 2.41. The lowest BCUT2D eigenvalue weighted by Gasteiger charge is -2.11. The molecule has 4 rings (SSSR count). The lowest BCUT2D eigenvalue weighted by Crippen LogP contribution is -2.19. The maximum atomic E-state index is 13.5. The van der Waals surface area contributed by atoms with Crippen molar-refractivity contribution in [2.24, 2.45) is 0 Å². The standard InChI is InChI=1S/C14H14FN5O2/c15-9-2-1-3-10-12(9)22-14(19-10)16-6-8-4-5-11(21-8)13-17-7-18-20-13/h1-3,7-8,11H,4-6H2,(H,16,19)(H,17,18,20)/t8-,11+/m1/s1. The predicted octanol–water partition coefficient (Wildman–Crippen LogP) is 2.42. The molecule has 0 amide bonds. The topological polar surface area (TPSA) is 88.9 Å². The molecule has 1 aliphatic heterocycles. The van der Waals surface area contributed by atoms with Crippen LogP contribution in [0.15, 0.2) is 28.9 Å². The lowest BCUT2D eigenvalue weighted by atomic mass is 10.2. The first-order valence-corrected chi connectivity index (χ1v) is 7.09. The predicted molar refractivity (Wildman–Crippen MR) is 75.7 cm³/mol. The van der Waals surface area contributed by atoms with Crippen LogP contribution in [0.25, 0.3) is 11.1 Å². The zero-order chi connectivity index (χ0) is 14.9. The largest absolute Gasteiger partial charge is 0.420 e. The first-order chi connectivity index (χ1) is 10.8. The van der Waals surface area contributed by atoms with Crippen LogP contribution in [-0.4, -0.2) is 32.8 Å². The third-order valence-corrected chi connectivity index (χ3v) is 3.69. The fourth-order valence-electron chi connectivity index (χ4n) is 2.62. The SMILES string of the molecule is Fc1cccc2nc(NC[C@H]3CC[C@@H](c4ncn[nH]4)O3)oc12. The zero-order valence-electron chi connectivity index (χ0n) is 11.6. The van der Waals surface area contributed by atoms with E-state index in [0.29, 0.717) is 18.1 Å². The maximum absolute atomic E-state index is 13.5. The van der Waals surface area contributed by atoms with Crippen LogP contribution in [0.1, 0.15) is 24.8 Å². The van der Waals surface area contributed by atoms with Crippen LogP contribution in [0, 0.1) is 5.82 Å². The van der Waals surface area contributed by atoms with Crippen LogP contribution in [0.4, 0.5) is 10.4 Å². The molecular weight excluding hydrogens is 289 g/mol. The monoisotopic (exact) mass is 303 g/mol. The molecule has 2 atom stereocenters. The number of anilines is 1. The number of benzene rings is 1. The van der Waals surface area contributed by atoms with E-state index >= 15 is 0 Å². The molecule has 2 N–H and O–H groups in total. The summed E-state index contributed by atoms with van der Waals surface area (Å²) < 4.78 is 24.8. The second-order valence-corrected chi connectivity index (χ2v) is 5.18. The number of aromatic amines is 1. The maximum Gasteiger partial charge on any atom is 0.295 e. The first-order valence-electron chi connectivity index (χ1n) is 7.09. The van der Waals surface area contributed by atoms with Gasteiger partial charge in [-0.1, -0.05) is 6.07 Å². The number of rotatable bonds is 4. The molecule has 0 spiro atoms. The van der Waals surface area contributed by atoms with E-state index in [0.717, 1.165) is 18.7 Å². The average molecular weight is 303 g/mol. The van der Waals surface area contributed by atoms with Crippen molar-refractivity contribution in [2.75, 3.05) is 11.9 Å². The van der Waals surface area contributed by atoms with E-state index in [4.69, 9.17) is 9.15 Å². The van der Waals surface area contributed by atoms with Crippen molar-refractivity contribution in [2.45, 2.75) is 25.0 Å². The highest BCUT2D eigenvalue weighted by Gasteiger charge is 2.28. The summed E-state index contributed by atoms with van der Waals surface area (Å²) >= 11 is 0. The van der Waals surface area contributed by atoms with Crippen molar-refractivity contribution in [1.29, 1.82) is 0 Å². The molecule has 114 valence electrons. The van der Waals surface area contributed by atoms with Gasteiger partial charge in [-0.2, -0.15) is 10.1 Å². The van der Waals surface area contributed by atoms with Gasteiger partial charge in [0.2, 0.25) is 0 Å². The van der Waals surface area contributed by atoms with Crippen molar-refractivity contribution in [3.63, 3.8) is 0 Å². The number of oxazole rings is 1. The minimum absolute atomic E-state index is 0.0231. The van der Waals surface area contributed by atoms with Crippen molar-refractivity contribution in [3.8, 4) is 0 Å². The lowest BCUT2D eigenvalue weighted by molar-refractivity contribution is 0.0470. The Hall–Kier alpha value is -2.48. The van der Waals surface area contributed by atoms with Crippen LogP contribution in [-0.2, 0) is 4.74 Å². The van der Waals surface area contributed by atoms with E-state index in [9.17, 15) is 4.39 Å². The fourth-order valence-corrected chi connectivity index (χ4v) is 2.62. The molecule has 3 heterocycles. The summed E-state index contributed by atoms with van der Waals surface area (Å²) in [7, 11) is 0. The van der Waals surface area contributed by atoms with E-state index in [-0.39, 0.29) is 17.8 Å². The summed E-state index contributed by atoms with van der Waals surface area (Å²) in [5, 5.41) is 9.70. The Morgan fingerprint density at radius 3 is 3.14 bits per heavy atom. The van der Waals surface area contributed by atoms with Crippen molar-refractivity contribution in [3.05, 3.63) is 36.2 Å². The normalized spacial score (nSPS) is 21.5. The highest BCUT2D eigenvalue weighted by molar-refractivity contribution is 5.74. The van der Waals surface area contributed by atoms with Crippen LogP contribution in [0.2, 0.25) is 0 Å². The Bertz CT molecular complexity index is 773. The average Bonchev–Trinajstić information content (AvgIpc) is 3.25. The highest BCUT2D eigenvalue weighted by Crippen LogP contribution is 2.30. The number of hydrogen-bond donors (Lipinski definition) is 2. The van der Waals surface area contributed by atoms with E-state index in [2.05, 4.69) is 25.5 Å². The number of fused-ring (bicyclic) bond motifs is 1. The quantitative estimate of drug-likeness (QED) is 0.769. The summed E-state index contributed by atoms with van der Waals surface area (Å²) in [5.74, 6) is 0.326. The molecule has 0 aliphatic carbocycles. The molecule has 0 unspecified atom stereocenters. The molecule has 1 saturated heterocycles. The van der Waals surface area contributed by atoms with Gasteiger partial charge in [-0.05, 0) is 25.0 Å². The summed E-state index contributed by atoms with van der Waals surface area (Å²) in [6.45, 7) is 0.541. The van der Waals surface area contributed by atoms with Gasteiger partial charge in [0.25, 0.3) is 6.01 Å². The Morgan fingerprint density at radius 1 is 1.36 bits per heavy atom. The van der Waals surface area contributed by atoms with E-state index in [1.54, 1.807) is 12.1 Å². The number of H-pyrrole nitrogens is 1. The van der Waals surface area contributed by atoms with E-state index in [1.165, 1.54) is 12.4 Å². The molecule has 2 aromatic heterocycles. The number of hydrogen-bond acceptors (Lipinski definition) is 6. The molecule has 1 fully saturated rings. The molecule has 7 nitrogen and oxygen atoms in total. The van der Waals surface area contributed by atoms with Crippen LogP contribution in [0.3, 0.4) is 0 Å². The molecule has 0 saturated carbocycles. The Balaban J connectivity index is 1.39. The number of para-hydroxylation sites is 1. The zero-order valence-corrected chi connectivity index (χ0v) is 11.6. The molecule has 22 heavy (non-hydrogen) atoms. The number of nitrogens with zero attached hydrogens (tertiary/aromatic N) is 3. The van der Waals surface area contributed by atoms with Crippen molar-refractivity contribution in [1.82, 2.24) is 20.2 Å². The van der Waals surface area contributed by atoms with Gasteiger partial charge in [0.1, 0.15) is 17.9 Å². The molecule has 3 aromatic rings. The highest BCUT2D eigenvalue weighted by atomic mass is 19.1. The van der Waals surface area contributed by atoms with Gasteiger partial charge in [-0.3, -0.25) is 5.10 Å². The number of nitrogens with one attached hydrogen (secondary N) is 2. The smallest absolute Gasteiger partial charge is 0.295 e. The summed E-state index contributed by atoms with van der Waals surface area (Å²) in [6.07, 6.45) is 3.21. The molecule has 1 aromatic carbocycles. The first kappa shape index (κ1) is 13.2. The van der Waals surface area contributed by atoms with Crippen LogP contribution < -0.4 is 5.32 Å². The Morgan fingerprint density at radius 2 is 2.32 bits per heavy atom. The van der Waals surface area contributed by atoms with Gasteiger partial charge in [-0.15, -0.1) is 0 Å². The molecule has 8 heteroatoms. The van der Waals surface area contributed by atoms with Gasteiger partial charge in [0.05, 0.1) is 6.10 Å². The van der Waals surface area contributed by atoms with Gasteiger partial charge >= 0.3 is 0 Å². The Labute approximate surface area is 124 Å². The third-order valence-electron chi connectivity index (χ3n) is 3.69. The van der Waals surface area contributed by atoms with Gasteiger partial charge in [0, 0.05) is 6.54 Å². The molecule has 0 radical (unpaired) electrons.